The van der Waals surface area contributed by atoms with Crippen LogP contribution in [0.3, 0.4) is 0 Å². The molecule has 3 heterocycles. The van der Waals surface area contributed by atoms with E-state index in [0.29, 0.717) is 43.7 Å². The van der Waals surface area contributed by atoms with Gasteiger partial charge in [0.1, 0.15) is 10.8 Å². The SMILES string of the molecule is C=CC(=O)N1CCN(C(C)=O)[C@H](c2cc(Cl)nc(-c3ccnc(C(=O)NCC4(O)CC4)c3)c2)C1. The molecule has 9 nitrogen and oxygen atoms in total. The molecule has 1 saturated carbocycles. The van der Waals surface area contributed by atoms with Gasteiger partial charge in [-0.2, -0.15) is 0 Å². The fourth-order valence-electron chi connectivity index (χ4n) is 4.00. The van der Waals surface area contributed by atoms with Gasteiger partial charge in [0, 0.05) is 44.9 Å². The Bertz CT molecular complexity index is 1150. The summed E-state index contributed by atoms with van der Waals surface area (Å²) in [6.45, 7) is 6.34. The molecule has 2 aliphatic rings. The lowest BCUT2D eigenvalue weighted by atomic mass is 10.0. The average Bonchev–Trinajstić information content (AvgIpc) is 3.58. The smallest absolute Gasteiger partial charge is 0.269 e. The number of hydrogen-bond acceptors (Lipinski definition) is 6. The third kappa shape index (κ3) is 5.26. The Morgan fingerprint density at radius 2 is 2.06 bits per heavy atom. The zero-order valence-corrected chi connectivity index (χ0v) is 19.6. The van der Waals surface area contributed by atoms with E-state index in [1.807, 2.05) is 0 Å². The van der Waals surface area contributed by atoms with Crippen molar-refractivity contribution in [1.29, 1.82) is 0 Å². The van der Waals surface area contributed by atoms with E-state index in [0.717, 1.165) is 5.56 Å². The van der Waals surface area contributed by atoms with E-state index >= 15 is 0 Å². The molecule has 2 aromatic rings. The lowest BCUT2D eigenvalue weighted by Crippen LogP contribution is -2.51. The van der Waals surface area contributed by atoms with Crippen molar-refractivity contribution < 1.29 is 19.5 Å². The van der Waals surface area contributed by atoms with Gasteiger partial charge in [-0.3, -0.25) is 19.4 Å². The Hall–Kier alpha value is -3.30. The summed E-state index contributed by atoms with van der Waals surface area (Å²) in [5.74, 6) is -0.697. The highest BCUT2D eigenvalue weighted by Crippen LogP contribution is 2.34. The van der Waals surface area contributed by atoms with E-state index in [2.05, 4.69) is 21.9 Å². The van der Waals surface area contributed by atoms with Crippen LogP contribution in [0, 0.1) is 0 Å². The molecule has 0 spiro atoms. The summed E-state index contributed by atoms with van der Waals surface area (Å²) < 4.78 is 0. The summed E-state index contributed by atoms with van der Waals surface area (Å²) in [7, 11) is 0. The molecule has 1 atom stereocenters. The molecule has 2 aromatic heterocycles. The van der Waals surface area contributed by atoms with Crippen molar-refractivity contribution in [3.8, 4) is 11.3 Å². The second-order valence-corrected chi connectivity index (χ2v) is 9.05. The number of nitrogens with one attached hydrogen (secondary N) is 1. The lowest BCUT2D eigenvalue weighted by molar-refractivity contribution is -0.139. The number of aromatic nitrogens is 2. The van der Waals surface area contributed by atoms with Gasteiger partial charge in [-0.1, -0.05) is 18.2 Å². The summed E-state index contributed by atoms with van der Waals surface area (Å²) in [5.41, 5.74) is 1.25. The molecule has 1 aliphatic heterocycles. The number of carbonyl (C=O) groups excluding carboxylic acids is 3. The van der Waals surface area contributed by atoms with Crippen LogP contribution in [0.4, 0.5) is 0 Å². The van der Waals surface area contributed by atoms with Crippen molar-refractivity contribution in [3.05, 3.63) is 59.5 Å². The van der Waals surface area contributed by atoms with Crippen molar-refractivity contribution in [2.75, 3.05) is 26.2 Å². The van der Waals surface area contributed by atoms with E-state index in [-0.39, 0.29) is 29.2 Å². The molecule has 178 valence electrons. The van der Waals surface area contributed by atoms with Gasteiger partial charge < -0.3 is 20.2 Å². The van der Waals surface area contributed by atoms with Crippen molar-refractivity contribution in [1.82, 2.24) is 25.1 Å². The van der Waals surface area contributed by atoms with Crippen molar-refractivity contribution in [2.45, 2.75) is 31.4 Å². The Kier molecular flexibility index (Phi) is 6.67. The molecule has 0 unspecified atom stereocenters. The largest absolute Gasteiger partial charge is 0.388 e. The molecule has 2 fully saturated rings. The number of halogens is 1. The Labute approximate surface area is 202 Å². The van der Waals surface area contributed by atoms with Gasteiger partial charge in [0.05, 0.1) is 17.3 Å². The van der Waals surface area contributed by atoms with Gasteiger partial charge in [-0.25, -0.2) is 4.98 Å². The second-order valence-electron chi connectivity index (χ2n) is 8.66. The zero-order chi connectivity index (χ0) is 24.5. The number of piperazine rings is 1. The molecule has 1 aliphatic carbocycles. The summed E-state index contributed by atoms with van der Waals surface area (Å²) in [6, 6.07) is 6.39. The summed E-state index contributed by atoms with van der Waals surface area (Å²) >= 11 is 6.35. The fourth-order valence-corrected chi connectivity index (χ4v) is 4.22. The standard InChI is InChI=1S/C24H26ClN5O4/c1-3-22(32)29-8-9-30(15(2)31)20(13-29)17-11-18(28-21(25)12-17)16-4-7-26-19(10-16)23(33)27-14-24(34)5-6-24/h3-4,7,10-12,20,34H,1,5-6,8-9,13-14H2,2H3,(H,27,33)/t20-/m0/s1. The van der Waals surface area contributed by atoms with Crippen LogP contribution in [0.15, 0.2) is 43.1 Å². The van der Waals surface area contributed by atoms with E-state index in [1.165, 1.54) is 19.2 Å². The van der Waals surface area contributed by atoms with Crippen molar-refractivity contribution >= 4 is 29.3 Å². The minimum Gasteiger partial charge on any atom is -0.388 e. The highest BCUT2D eigenvalue weighted by Gasteiger charge is 2.40. The van der Waals surface area contributed by atoms with E-state index < -0.39 is 17.6 Å². The number of carbonyl (C=O) groups is 3. The van der Waals surface area contributed by atoms with Crippen LogP contribution in [0.1, 0.15) is 41.9 Å². The first kappa shape index (κ1) is 23.8. The molecule has 4 rings (SSSR count). The molecule has 1 saturated heterocycles. The molecule has 10 heteroatoms. The first-order chi connectivity index (χ1) is 16.2. The van der Waals surface area contributed by atoms with Crippen molar-refractivity contribution in [3.63, 3.8) is 0 Å². The highest BCUT2D eigenvalue weighted by molar-refractivity contribution is 6.29. The first-order valence-corrected chi connectivity index (χ1v) is 11.4. The van der Waals surface area contributed by atoms with E-state index in [4.69, 9.17) is 11.6 Å². The number of rotatable bonds is 6. The lowest BCUT2D eigenvalue weighted by Gasteiger charge is -2.41. The second kappa shape index (κ2) is 9.52. The number of pyridine rings is 2. The van der Waals surface area contributed by atoms with Gasteiger partial charge in [0.15, 0.2) is 0 Å². The summed E-state index contributed by atoms with van der Waals surface area (Å²) in [5, 5.41) is 12.9. The van der Waals surface area contributed by atoms with Gasteiger partial charge in [0.25, 0.3) is 5.91 Å². The Morgan fingerprint density at radius 3 is 2.74 bits per heavy atom. The minimum absolute atomic E-state index is 0.106. The monoisotopic (exact) mass is 483 g/mol. The van der Waals surface area contributed by atoms with Crippen molar-refractivity contribution in [2.24, 2.45) is 0 Å². The minimum atomic E-state index is -0.805. The van der Waals surface area contributed by atoms with Gasteiger partial charge in [-0.15, -0.1) is 0 Å². The zero-order valence-electron chi connectivity index (χ0n) is 18.8. The number of amides is 3. The van der Waals surface area contributed by atoms with Gasteiger partial charge >= 0.3 is 0 Å². The van der Waals surface area contributed by atoms with Crippen LogP contribution in [0.5, 0.6) is 0 Å². The molecular weight excluding hydrogens is 458 g/mol. The summed E-state index contributed by atoms with van der Waals surface area (Å²) in [4.78, 5) is 48.9. The molecule has 0 bridgehead atoms. The third-order valence-corrected chi connectivity index (χ3v) is 6.36. The fraction of sp³-hybridized carbons (Fsp3) is 0.375. The maximum Gasteiger partial charge on any atom is 0.269 e. The van der Waals surface area contributed by atoms with Crippen LogP contribution in [-0.2, 0) is 9.59 Å². The quantitative estimate of drug-likeness (QED) is 0.479. The Morgan fingerprint density at radius 1 is 1.29 bits per heavy atom. The molecule has 0 radical (unpaired) electrons. The van der Waals surface area contributed by atoms with E-state index in [1.54, 1.807) is 34.1 Å². The maximum atomic E-state index is 12.5. The number of nitrogens with zero attached hydrogens (tertiary/aromatic N) is 4. The van der Waals surface area contributed by atoms with Crippen LogP contribution < -0.4 is 5.32 Å². The normalized spacial score (nSPS) is 18.9. The third-order valence-electron chi connectivity index (χ3n) is 6.17. The van der Waals surface area contributed by atoms with Crippen LogP contribution in [-0.4, -0.2) is 74.4 Å². The van der Waals surface area contributed by atoms with Crippen LogP contribution >= 0.6 is 11.6 Å². The Balaban J connectivity index is 1.62. The number of aliphatic hydroxyl groups is 1. The maximum absolute atomic E-state index is 12.5. The van der Waals surface area contributed by atoms with Gasteiger partial charge in [-0.05, 0) is 48.7 Å². The first-order valence-electron chi connectivity index (χ1n) is 11.0. The predicted molar refractivity (Wildman–Crippen MR) is 126 cm³/mol. The molecular formula is C24H26ClN5O4. The molecule has 34 heavy (non-hydrogen) atoms. The van der Waals surface area contributed by atoms with Gasteiger partial charge in [0.2, 0.25) is 11.8 Å². The average molecular weight is 484 g/mol. The molecule has 3 amide bonds. The van der Waals surface area contributed by atoms with Crippen LogP contribution in [0.25, 0.3) is 11.3 Å². The number of hydrogen-bond donors (Lipinski definition) is 2. The molecule has 0 aromatic carbocycles. The topological polar surface area (TPSA) is 116 Å². The van der Waals surface area contributed by atoms with E-state index in [9.17, 15) is 19.5 Å². The predicted octanol–water partition coefficient (Wildman–Crippen LogP) is 1.97. The molecule has 2 N–H and O–H groups in total. The van der Waals surface area contributed by atoms with Crippen LogP contribution in [0.2, 0.25) is 5.15 Å². The summed E-state index contributed by atoms with van der Waals surface area (Å²) in [6.07, 6.45) is 4.11. The highest BCUT2D eigenvalue weighted by atomic mass is 35.5.